The summed E-state index contributed by atoms with van der Waals surface area (Å²) in [7, 11) is 1.55. The van der Waals surface area contributed by atoms with Crippen LogP contribution in [-0.4, -0.2) is 73.4 Å². The van der Waals surface area contributed by atoms with Crippen molar-refractivity contribution in [3.63, 3.8) is 0 Å². The third kappa shape index (κ3) is 36.3. The van der Waals surface area contributed by atoms with Gasteiger partial charge in [-0.1, -0.05) is 151 Å². The van der Waals surface area contributed by atoms with Crippen molar-refractivity contribution in [1.29, 1.82) is 0 Å². The van der Waals surface area contributed by atoms with Crippen LogP contribution in [0.3, 0.4) is 0 Å². The molecule has 3 unspecified atom stereocenters. The standard InChI is InChI=1S/C43H77N2O6P/c1-6-8-10-11-12-13-14-15-16-17-18-19-20-21-22-23-24-25-26-27-28-29-30-31-32-33-35-37-43(47)44-41(42(46)36-34-9-7-2)40-51-52(48,49)50-39-38-45(3,4)5/h8,10,12-13,15-16,18-19,21-22,34,36,41-42,46H,6-7,9,11,14,17,20,23-33,35,37-40H2,1-5H3,(H-,44,47,48,49)/p+1/b10-8-,13-12-,16-15-,19-18-,22-21-,36-34+. The summed E-state index contributed by atoms with van der Waals surface area (Å²) in [5.41, 5.74) is 0. The fourth-order valence-electron chi connectivity index (χ4n) is 5.19. The normalized spacial score (nSPS) is 15.3. The van der Waals surface area contributed by atoms with Gasteiger partial charge in [-0.05, 0) is 57.8 Å². The SMILES string of the molecule is CC/C=C\C/C=C\C/C=C\C/C=C\C/C=C\CCCCCCCCCCCCCC(=O)NC(COP(=O)(O)OCC[N+](C)(C)C)C(O)/C=C/CCC. The lowest BCUT2D eigenvalue weighted by atomic mass is 10.0. The molecule has 0 saturated heterocycles. The summed E-state index contributed by atoms with van der Waals surface area (Å²) >= 11 is 0. The number of carbonyl (C=O) groups excluding carboxylic acids is 1. The van der Waals surface area contributed by atoms with Crippen LogP contribution >= 0.6 is 7.82 Å². The number of allylic oxidation sites excluding steroid dienone is 11. The number of unbranched alkanes of at least 4 members (excludes halogenated alkanes) is 12. The highest BCUT2D eigenvalue weighted by molar-refractivity contribution is 7.47. The van der Waals surface area contributed by atoms with E-state index >= 15 is 0 Å². The molecule has 0 bridgehead atoms. The molecule has 300 valence electrons. The molecular formula is C43H78N2O6P+. The van der Waals surface area contributed by atoms with Crippen LogP contribution in [0.1, 0.15) is 142 Å². The van der Waals surface area contributed by atoms with Crippen LogP contribution in [-0.2, 0) is 18.4 Å². The molecular weight excluding hydrogens is 671 g/mol. The van der Waals surface area contributed by atoms with E-state index in [-0.39, 0.29) is 19.1 Å². The van der Waals surface area contributed by atoms with E-state index < -0.39 is 20.0 Å². The number of phosphoric ester groups is 1. The van der Waals surface area contributed by atoms with Gasteiger partial charge in [0.2, 0.25) is 5.91 Å². The van der Waals surface area contributed by atoms with Gasteiger partial charge in [0.15, 0.2) is 0 Å². The molecule has 0 fully saturated rings. The zero-order valence-electron chi connectivity index (χ0n) is 33.8. The maximum atomic E-state index is 12.7. The number of aliphatic hydroxyl groups is 1. The lowest BCUT2D eigenvalue weighted by Crippen LogP contribution is -2.45. The number of likely N-dealkylation sites (N-methyl/N-ethyl adjacent to an activating group) is 1. The molecule has 0 radical (unpaired) electrons. The number of carbonyl (C=O) groups is 1. The Hall–Kier alpha value is -2.06. The van der Waals surface area contributed by atoms with Gasteiger partial charge in [0.25, 0.3) is 0 Å². The van der Waals surface area contributed by atoms with Crippen LogP contribution < -0.4 is 5.32 Å². The quantitative estimate of drug-likeness (QED) is 0.0258. The molecule has 52 heavy (non-hydrogen) atoms. The molecule has 0 aromatic carbocycles. The minimum absolute atomic E-state index is 0.0558. The van der Waals surface area contributed by atoms with E-state index in [1.165, 1.54) is 57.8 Å². The number of nitrogens with one attached hydrogen (secondary N) is 1. The summed E-state index contributed by atoms with van der Waals surface area (Å²) in [6.45, 7) is 4.45. The molecule has 0 aromatic heterocycles. The van der Waals surface area contributed by atoms with Gasteiger partial charge >= 0.3 is 7.82 Å². The van der Waals surface area contributed by atoms with Gasteiger partial charge in [-0.3, -0.25) is 13.8 Å². The summed E-state index contributed by atoms with van der Waals surface area (Å²) in [4.78, 5) is 22.7. The number of quaternary nitrogens is 1. The minimum Gasteiger partial charge on any atom is -0.387 e. The molecule has 9 heteroatoms. The molecule has 3 N–H and O–H groups in total. The van der Waals surface area contributed by atoms with Gasteiger partial charge in [0.1, 0.15) is 13.2 Å². The highest BCUT2D eigenvalue weighted by Gasteiger charge is 2.27. The first-order valence-electron chi connectivity index (χ1n) is 20.3. The molecule has 8 nitrogen and oxygen atoms in total. The summed E-state index contributed by atoms with van der Waals surface area (Å²) in [5, 5.41) is 13.4. The van der Waals surface area contributed by atoms with Crippen molar-refractivity contribution < 1.29 is 32.9 Å². The van der Waals surface area contributed by atoms with E-state index in [1.807, 2.05) is 34.1 Å². The number of rotatable bonds is 35. The predicted molar refractivity (Wildman–Crippen MR) is 221 cm³/mol. The number of hydrogen-bond donors (Lipinski definition) is 3. The van der Waals surface area contributed by atoms with Gasteiger partial charge < -0.3 is 19.8 Å². The van der Waals surface area contributed by atoms with Crippen LogP contribution in [0.15, 0.2) is 72.9 Å². The zero-order valence-corrected chi connectivity index (χ0v) is 34.7. The van der Waals surface area contributed by atoms with Gasteiger partial charge in [0.05, 0.1) is 39.9 Å². The molecule has 0 aliphatic carbocycles. The Morgan fingerprint density at radius 1 is 0.673 bits per heavy atom. The van der Waals surface area contributed by atoms with Crippen LogP contribution in [0, 0.1) is 0 Å². The molecule has 0 aliphatic heterocycles. The van der Waals surface area contributed by atoms with E-state index in [9.17, 15) is 19.4 Å². The molecule has 1 amide bonds. The Morgan fingerprint density at radius 2 is 1.15 bits per heavy atom. The third-order valence-electron chi connectivity index (χ3n) is 8.41. The van der Waals surface area contributed by atoms with E-state index in [0.29, 0.717) is 17.4 Å². The van der Waals surface area contributed by atoms with Gasteiger partial charge in [-0.2, -0.15) is 0 Å². The van der Waals surface area contributed by atoms with Crippen molar-refractivity contribution in [1.82, 2.24) is 5.32 Å². The van der Waals surface area contributed by atoms with Crippen molar-refractivity contribution in [2.75, 3.05) is 40.9 Å². The highest BCUT2D eigenvalue weighted by Crippen LogP contribution is 2.43. The molecule has 0 spiro atoms. The first kappa shape index (κ1) is 49.9. The fourth-order valence-corrected chi connectivity index (χ4v) is 5.93. The van der Waals surface area contributed by atoms with Crippen molar-refractivity contribution in [2.45, 2.75) is 154 Å². The molecule has 0 aromatic rings. The number of nitrogens with zero attached hydrogens (tertiary/aromatic N) is 1. The zero-order chi connectivity index (χ0) is 38.6. The Morgan fingerprint density at radius 3 is 1.65 bits per heavy atom. The smallest absolute Gasteiger partial charge is 0.387 e. The van der Waals surface area contributed by atoms with Crippen LogP contribution in [0.2, 0.25) is 0 Å². The number of amides is 1. The first-order valence-corrected chi connectivity index (χ1v) is 21.8. The molecule has 0 heterocycles. The van der Waals surface area contributed by atoms with Crippen LogP contribution in [0.25, 0.3) is 0 Å². The van der Waals surface area contributed by atoms with E-state index in [0.717, 1.165) is 64.2 Å². The average molecular weight is 750 g/mol. The summed E-state index contributed by atoms with van der Waals surface area (Å²) in [6, 6.07) is -0.846. The van der Waals surface area contributed by atoms with Gasteiger partial charge in [0, 0.05) is 6.42 Å². The summed E-state index contributed by atoms with van der Waals surface area (Å²) < 4.78 is 23.2. The highest BCUT2D eigenvalue weighted by atomic mass is 31.2. The van der Waals surface area contributed by atoms with Gasteiger partial charge in [-0.25, -0.2) is 4.57 Å². The fraction of sp³-hybridized carbons (Fsp3) is 0.698. The van der Waals surface area contributed by atoms with Gasteiger partial charge in [-0.15, -0.1) is 0 Å². The minimum atomic E-state index is -4.31. The third-order valence-corrected chi connectivity index (χ3v) is 9.40. The number of hydrogen-bond acceptors (Lipinski definition) is 5. The van der Waals surface area contributed by atoms with Crippen molar-refractivity contribution in [3.05, 3.63) is 72.9 Å². The average Bonchev–Trinajstić information content (AvgIpc) is 3.09. The van der Waals surface area contributed by atoms with Crippen LogP contribution in [0.4, 0.5) is 0 Å². The molecule has 0 saturated carbocycles. The topological polar surface area (TPSA) is 105 Å². The Labute approximate surface area is 319 Å². The summed E-state index contributed by atoms with van der Waals surface area (Å²) in [5.74, 6) is -0.198. The van der Waals surface area contributed by atoms with Crippen molar-refractivity contribution in [3.8, 4) is 0 Å². The van der Waals surface area contributed by atoms with Crippen LogP contribution in [0.5, 0.6) is 0 Å². The van der Waals surface area contributed by atoms with E-state index in [2.05, 4.69) is 73.0 Å². The largest absolute Gasteiger partial charge is 0.472 e. The molecule has 0 aliphatic rings. The lowest BCUT2D eigenvalue weighted by molar-refractivity contribution is -0.870. The molecule has 0 rings (SSSR count). The first-order chi connectivity index (χ1) is 25.0. The summed E-state index contributed by atoms with van der Waals surface area (Å²) in [6.07, 6.45) is 46.3. The maximum Gasteiger partial charge on any atom is 0.472 e. The van der Waals surface area contributed by atoms with Crippen molar-refractivity contribution in [2.24, 2.45) is 0 Å². The van der Waals surface area contributed by atoms with E-state index in [4.69, 9.17) is 9.05 Å². The maximum absolute atomic E-state index is 12.7. The number of aliphatic hydroxyl groups excluding tert-OH is 1. The number of phosphoric acid groups is 1. The second-order valence-corrected chi connectivity index (χ2v) is 16.1. The second-order valence-electron chi connectivity index (χ2n) is 14.6. The molecule has 3 atom stereocenters. The Kier molecular flexibility index (Phi) is 33.3. The van der Waals surface area contributed by atoms with E-state index in [1.54, 1.807) is 6.08 Å². The predicted octanol–water partition coefficient (Wildman–Crippen LogP) is 10.9. The monoisotopic (exact) mass is 750 g/mol. The Bertz CT molecular complexity index is 1080. The second kappa shape index (κ2) is 34.7. The lowest BCUT2D eigenvalue weighted by Gasteiger charge is -2.25. The van der Waals surface area contributed by atoms with Crippen molar-refractivity contribution >= 4 is 13.7 Å². The Balaban J connectivity index is 3.95.